The maximum atomic E-state index is 10.1. The SMILES string of the molecule is C=CCOc1ccc(C(C)(C)c2ccc(O)c(CC=C)c2)cc1CC=C.C=CCOc1ccc(C(C)(C)c2ccc(OCC=C)c(CC=C)c2)cc1CC=C. The third-order valence-electron chi connectivity index (χ3n) is 9.67. The highest BCUT2D eigenvalue weighted by molar-refractivity contribution is 5.50. The third-order valence-corrected chi connectivity index (χ3v) is 9.67. The van der Waals surface area contributed by atoms with Crippen LogP contribution in [0.25, 0.3) is 0 Å². The Bertz CT molecular complexity index is 1890. The van der Waals surface area contributed by atoms with Gasteiger partial charge in [-0.1, -0.05) is 138 Å². The number of phenols is 1. The van der Waals surface area contributed by atoms with Crippen molar-refractivity contribution in [1.29, 1.82) is 0 Å². The number of hydrogen-bond donors (Lipinski definition) is 1. The molecule has 4 nitrogen and oxygen atoms in total. The van der Waals surface area contributed by atoms with Crippen molar-refractivity contribution in [2.75, 3.05) is 19.8 Å². The predicted molar refractivity (Wildman–Crippen MR) is 234 cm³/mol. The van der Waals surface area contributed by atoms with Crippen molar-refractivity contribution in [2.24, 2.45) is 0 Å². The minimum Gasteiger partial charge on any atom is -0.508 e. The van der Waals surface area contributed by atoms with E-state index in [1.807, 2.05) is 42.5 Å². The summed E-state index contributed by atoms with van der Waals surface area (Å²) in [6.45, 7) is 36.9. The summed E-state index contributed by atoms with van der Waals surface area (Å²) < 4.78 is 17.4. The Morgan fingerprint density at radius 2 is 0.691 bits per heavy atom. The van der Waals surface area contributed by atoms with E-state index in [0.29, 0.717) is 32.0 Å². The van der Waals surface area contributed by atoms with Crippen LogP contribution in [0.2, 0.25) is 0 Å². The van der Waals surface area contributed by atoms with Crippen molar-refractivity contribution in [3.63, 3.8) is 0 Å². The molecule has 4 aromatic rings. The molecule has 0 fully saturated rings. The Balaban J connectivity index is 0.000000297. The summed E-state index contributed by atoms with van der Waals surface area (Å²) in [6, 6.07) is 24.9. The molecule has 0 spiro atoms. The fourth-order valence-electron chi connectivity index (χ4n) is 6.34. The number of allylic oxidation sites excluding steroid dienone is 4. The zero-order valence-electron chi connectivity index (χ0n) is 33.5. The lowest BCUT2D eigenvalue weighted by molar-refractivity contribution is 0.359. The first-order chi connectivity index (χ1) is 26.4. The van der Waals surface area contributed by atoms with Crippen molar-refractivity contribution < 1.29 is 19.3 Å². The van der Waals surface area contributed by atoms with Crippen LogP contribution < -0.4 is 14.2 Å². The minimum atomic E-state index is -0.212. The molecule has 1 N–H and O–H groups in total. The summed E-state index contributed by atoms with van der Waals surface area (Å²) in [4.78, 5) is 0. The fourth-order valence-corrected chi connectivity index (χ4v) is 6.34. The van der Waals surface area contributed by atoms with Crippen LogP contribution in [0, 0.1) is 0 Å². The molecule has 0 aliphatic carbocycles. The molecule has 4 rings (SSSR count). The molecule has 0 amide bonds. The molecule has 0 saturated heterocycles. The summed E-state index contributed by atoms with van der Waals surface area (Å²) in [6.07, 6.45) is 15.7. The molecule has 0 saturated carbocycles. The Labute approximate surface area is 331 Å². The van der Waals surface area contributed by atoms with Gasteiger partial charge in [-0.25, -0.2) is 0 Å². The van der Waals surface area contributed by atoms with Crippen LogP contribution in [0.3, 0.4) is 0 Å². The van der Waals surface area contributed by atoms with Crippen LogP contribution >= 0.6 is 0 Å². The first kappa shape index (κ1) is 43.7. The highest BCUT2D eigenvalue weighted by Crippen LogP contribution is 2.38. The van der Waals surface area contributed by atoms with E-state index < -0.39 is 0 Å². The lowest BCUT2D eigenvalue weighted by atomic mass is 9.77. The molecule has 4 heteroatoms. The molecule has 55 heavy (non-hydrogen) atoms. The molecule has 0 atom stereocenters. The molecule has 0 aromatic heterocycles. The van der Waals surface area contributed by atoms with Crippen LogP contribution in [-0.4, -0.2) is 24.9 Å². The second kappa shape index (κ2) is 21.2. The second-order valence-electron chi connectivity index (χ2n) is 14.3. The van der Waals surface area contributed by atoms with Crippen LogP contribution in [0.15, 0.2) is 161 Å². The summed E-state index contributed by atoms with van der Waals surface area (Å²) in [5.41, 5.74) is 8.66. The second-order valence-corrected chi connectivity index (χ2v) is 14.3. The highest BCUT2D eigenvalue weighted by Gasteiger charge is 2.26. The summed E-state index contributed by atoms with van der Waals surface area (Å²) in [5, 5.41) is 10.1. The van der Waals surface area contributed by atoms with Crippen LogP contribution in [-0.2, 0) is 36.5 Å². The van der Waals surface area contributed by atoms with Gasteiger partial charge in [0, 0.05) is 10.8 Å². The van der Waals surface area contributed by atoms with Gasteiger partial charge in [-0.2, -0.15) is 0 Å². The Morgan fingerprint density at radius 3 is 0.982 bits per heavy atom. The summed E-state index contributed by atoms with van der Waals surface area (Å²) >= 11 is 0. The highest BCUT2D eigenvalue weighted by atomic mass is 16.5. The van der Waals surface area contributed by atoms with Crippen molar-refractivity contribution >= 4 is 0 Å². The number of ether oxygens (including phenoxy) is 3. The van der Waals surface area contributed by atoms with Gasteiger partial charge in [-0.15, -0.1) is 26.3 Å². The molecule has 0 bridgehead atoms. The van der Waals surface area contributed by atoms with Gasteiger partial charge >= 0.3 is 0 Å². The average Bonchev–Trinajstić information content (AvgIpc) is 3.17. The smallest absolute Gasteiger partial charge is 0.123 e. The number of hydrogen-bond acceptors (Lipinski definition) is 4. The molecule has 0 heterocycles. The average molecular weight is 737 g/mol. The molecule has 288 valence electrons. The monoisotopic (exact) mass is 736 g/mol. The molecule has 0 aliphatic rings. The van der Waals surface area contributed by atoms with Gasteiger partial charge in [-0.05, 0) is 94.5 Å². The topological polar surface area (TPSA) is 47.9 Å². The number of phenolic OH excluding ortho intramolecular Hbond substituents is 1. The number of benzene rings is 4. The van der Waals surface area contributed by atoms with E-state index >= 15 is 0 Å². The normalized spacial score (nSPS) is 10.9. The zero-order chi connectivity index (χ0) is 40.4. The van der Waals surface area contributed by atoms with E-state index in [4.69, 9.17) is 14.2 Å². The van der Waals surface area contributed by atoms with Crippen LogP contribution in [0.5, 0.6) is 23.0 Å². The minimum absolute atomic E-state index is 0.181. The zero-order valence-corrected chi connectivity index (χ0v) is 33.5. The predicted octanol–water partition coefficient (Wildman–Crippen LogP) is 12.3. The number of aromatic hydroxyl groups is 1. The quantitative estimate of drug-likeness (QED) is 0.0865. The molecule has 0 radical (unpaired) electrons. The molecule has 4 aromatic carbocycles. The van der Waals surface area contributed by atoms with E-state index in [1.54, 1.807) is 30.4 Å². The number of rotatable bonds is 21. The summed E-state index contributed by atoms with van der Waals surface area (Å²) in [5.74, 6) is 2.93. The first-order valence-electron chi connectivity index (χ1n) is 18.8. The van der Waals surface area contributed by atoms with E-state index in [1.165, 1.54) is 16.7 Å². The third kappa shape index (κ3) is 11.6. The molecular formula is C51H60O4. The molecule has 0 unspecified atom stereocenters. The van der Waals surface area contributed by atoms with E-state index in [0.717, 1.165) is 64.3 Å². The van der Waals surface area contributed by atoms with E-state index in [9.17, 15) is 5.11 Å². The van der Waals surface area contributed by atoms with Gasteiger partial charge in [0.15, 0.2) is 0 Å². The van der Waals surface area contributed by atoms with Gasteiger partial charge in [0.1, 0.15) is 42.8 Å². The van der Waals surface area contributed by atoms with E-state index in [2.05, 4.69) is 116 Å². The van der Waals surface area contributed by atoms with Gasteiger partial charge in [-0.3, -0.25) is 0 Å². The standard InChI is InChI=1S/C27H32O2.C24H28O2/c1-7-11-21-19-23(13-15-25(21)28-17-9-3)27(5,6)24-14-16-26(29-18-10-4)22(20-24)12-8-2;1-6-9-18-16-20(11-13-22(18)25)24(4,5)21-12-14-23(26-15-8-3)19(17-21)10-7-2/h7-10,13-16,19-20H,1-4,11-12,17-18H2,5-6H3;6-8,11-14,16-17,25H,1-3,9-10,15H2,4-5H3. The van der Waals surface area contributed by atoms with Crippen molar-refractivity contribution in [3.05, 3.63) is 206 Å². The van der Waals surface area contributed by atoms with Gasteiger partial charge in [0.25, 0.3) is 0 Å². The maximum Gasteiger partial charge on any atom is 0.123 e. The first-order valence-corrected chi connectivity index (χ1v) is 18.8. The van der Waals surface area contributed by atoms with Crippen LogP contribution in [0.4, 0.5) is 0 Å². The van der Waals surface area contributed by atoms with Crippen molar-refractivity contribution in [2.45, 2.75) is 64.2 Å². The van der Waals surface area contributed by atoms with Gasteiger partial charge in [0.2, 0.25) is 0 Å². The Kier molecular flexibility index (Phi) is 16.9. The molecule has 0 aliphatic heterocycles. The largest absolute Gasteiger partial charge is 0.508 e. The summed E-state index contributed by atoms with van der Waals surface area (Å²) in [7, 11) is 0. The Hall–Kier alpha value is -5.74. The van der Waals surface area contributed by atoms with Crippen molar-refractivity contribution in [3.8, 4) is 23.0 Å². The van der Waals surface area contributed by atoms with Crippen molar-refractivity contribution in [1.82, 2.24) is 0 Å². The van der Waals surface area contributed by atoms with Gasteiger partial charge in [0.05, 0.1) is 0 Å². The Morgan fingerprint density at radius 1 is 0.418 bits per heavy atom. The lowest BCUT2D eigenvalue weighted by Crippen LogP contribution is -2.20. The van der Waals surface area contributed by atoms with Gasteiger partial charge < -0.3 is 19.3 Å². The lowest BCUT2D eigenvalue weighted by Gasteiger charge is -2.28. The van der Waals surface area contributed by atoms with E-state index in [-0.39, 0.29) is 10.8 Å². The fraction of sp³-hybridized carbons (Fsp3) is 0.255. The molecular weight excluding hydrogens is 677 g/mol. The van der Waals surface area contributed by atoms with Crippen LogP contribution in [0.1, 0.15) is 72.2 Å². The maximum absolute atomic E-state index is 10.1.